The number of carbonyl (C=O) groups excluding carboxylic acids is 1. The Labute approximate surface area is 153 Å². The highest BCUT2D eigenvalue weighted by Crippen LogP contribution is 2.23. The molecule has 0 saturated carbocycles. The number of benzene rings is 2. The summed E-state index contributed by atoms with van der Waals surface area (Å²) in [6.07, 6.45) is 3.19. The van der Waals surface area contributed by atoms with Crippen LogP contribution in [0.3, 0.4) is 0 Å². The van der Waals surface area contributed by atoms with Crippen molar-refractivity contribution in [2.75, 3.05) is 23.4 Å². The Kier molecular flexibility index (Phi) is 5.27. The van der Waals surface area contributed by atoms with Crippen LogP contribution in [0.4, 0.5) is 17.2 Å². The first kappa shape index (κ1) is 17.6. The van der Waals surface area contributed by atoms with E-state index in [-0.39, 0.29) is 5.91 Å². The summed E-state index contributed by atoms with van der Waals surface area (Å²) >= 11 is 0. The molecule has 0 spiro atoms. The maximum atomic E-state index is 12.6. The van der Waals surface area contributed by atoms with E-state index in [0.717, 1.165) is 23.7 Å². The molecule has 2 aromatic carbocycles. The van der Waals surface area contributed by atoms with Gasteiger partial charge in [0.2, 0.25) is 0 Å². The second kappa shape index (κ2) is 7.78. The van der Waals surface area contributed by atoms with E-state index in [1.165, 1.54) is 11.8 Å². The molecule has 0 radical (unpaired) electrons. The van der Waals surface area contributed by atoms with Crippen LogP contribution < -0.4 is 9.80 Å². The van der Waals surface area contributed by atoms with E-state index >= 15 is 0 Å². The van der Waals surface area contributed by atoms with Crippen molar-refractivity contribution < 1.29 is 4.79 Å². The minimum absolute atomic E-state index is 0.186. The Morgan fingerprint density at radius 3 is 2.31 bits per heavy atom. The predicted octanol–water partition coefficient (Wildman–Crippen LogP) is 4.22. The van der Waals surface area contributed by atoms with Crippen LogP contribution in [0.2, 0.25) is 0 Å². The zero-order valence-electron chi connectivity index (χ0n) is 15.3. The minimum Gasteiger partial charge on any atom is -0.325 e. The largest absolute Gasteiger partial charge is 0.325 e. The van der Waals surface area contributed by atoms with Gasteiger partial charge in [-0.05, 0) is 43.7 Å². The van der Waals surface area contributed by atoms with Gasteiger partial charge in [-0.3, -0.25) is 4.79 Å². The topological polar surface area (TPSA) is 49.3 Å². The summed E-state index contributed by atoms with van der Waals surface area (Å²) in [5.41, 5.74) is 3.38. The van der Waals surface area contributed by atoms with E-state index in [2.05, 4.69) is 40.8 Å². The predicted molar refractivity (Wildman–Crippen MR) is 105 cm³/mol. The van der Waals surface area contributed by atoms with Crippen molar-refractivity contribution in [3.63, 3.8) is 0 Å². The number of anilines is 3. The molecule has 26 heavy (non-hydrogen) atoms. The van der Waals surface area contributed by atoms with Crippen LogP contribution in [0.25, 0.3) is 0 Å². The van der Waals surface area contributed by atoms with Crippen LogP contribution in [0, 0.1) is 6.92 Å². The smallest absolute Gasteiger partial charge is 0.278 e. The van der Waals surface area contributed by atoms with Gasteiger partial charge < -0.3 is 9.80 Å². The Morgan fingerprint density at radius 1 is 0.962 bits per heavy atom. The highest BCUT2D eigenvalue weighted by molar-refractivity contribution is 6.04. The molecular weight excluding hydrogens is 324 g/mol. The molecule has 0 bridgehead atoms. The molecule has 1 heterocycles. The number of amides is 1. The fourth-order valence-electron chi connectivity index (χ4n) is 2.78. The van der Waals surface area contributed by atoms with Crippen molar-refractivity contribution in [3.05, 3.63) is 78.2 Å². The second-order valence-electron chi connectivity index (χ2n) is 6.04. The van der Waals surface area contributed by atoms with E-state index in [0.29, 0.717) is 5.69 Å². The maximum Gasteiger partial charge on any atom is 0.278 e. The average Bonchev–Trinajstić information content (AvgIpc) is 2.69. The first-order valence-electron chi connectivity index (χ1n) is 8.59. The van der Waals surface area contributed by atoms with Crippen LogP contribution >= 0.6 is 0 Å². The molecule has 0 aliphatic rings. The van der Waals surface area contributed by atoms with Crippen molar-refractivity contribution in [2.24, 2.45) is 0 Å². The van der Waals surface area contributed by atoms with Crippen LogP contribution in [-0.4, -0.2) is 29.5 Å². The lowest BCUT2D eigenvalue weighted by atomic mass is 10.2. The fourth-order valence-corrected chi connectivity index (χ4v) is 2.78. The molecule has 1 aromatic heterocycles. The van der Waals surface area contributed by atoms with Gasteiger partial charge in [-0.25, -0.2) is 9.97 Å². The summed E-state index contributed by atoms with van der Waals surface area (Å²) in [6.45, 7) is 4.88. The number of nitrogens with zero attached hydrogens (tertiary/aromatic N) is 4. The van der Waals surface area contributed by atoms with Gasteiger partial charge in [0.1, 0.15) is 5.69 Å². The third-order valence-corrected chi connectivity index (χ3v) is 4.21. The van der Waals surface area contributed by atoms with E-state index in [9.17, 15) is 4.79 Å². The Morgan fingerprint density at radius 2 is 1.69 bits per heavy atom. The molecule has 1 amide bonds. The van der Waals surface area contributed by atoms with Gasteiger partial charge in [0, 0.05) is 25.0 Å². The molecule has 5 nitrogen and oxygen atoms in total. The van der Waals surface area contributed by atoms with Gasteiger partial charge >= 0.3 is 0 Å². The first-order valence-corrected chi connectivity index (χ1v) is 8.59. The van der Waals surface area contributed by atoms with Crippen molar-refractivity contribution in [1.82, 2.24) is 9.97 Å². The SMILES string of the molecule is CCN(c1cccc(C)c1)c1cnc(C(=O)N(C)c2ccccc2)cn1. The molecule has 3 aromatic rings. The van der Waals surface area contributed by atoms with Gasteiger partial charge in [-0.1, -0.05) is 30.3 Å². The lowest BCUT2D eigenvalue weighted by Gasteiger charge is -2.22. The van der Waals surface area contributed by atoms with Crippen molar-refractivity contribution in [1.29, 1.82) is 0 Å². The van der Waals surface area contributed by atoms with Crippen molar-refractivity contribution in [3.8, 4) is 0 Å². The van der Waals surface area contributed by atoms with E-state index in [4.69, 9.17) is 0 Å². The highest BCUT2D eigenvalue weighted by Gasteiger charge is 2.16. The monoisotopic (exact) mass is 346 g/mol. The van der Waals surface area contributed by atoms with Crippen LogP contribution in [0.1, 0.15) is 23.0 Å². The average molecular weight is 346 g/mol. The molecule has 0 unspecified atom stereocenters. The normalized spacial score (nSPS) is 10.4. The van der Waals surface area contributed by atoms with Gasteiger partial charge in [0.25, 0.3) is 5.91 Å². The first-order chi connectivity index (χ1) is 12.6. The van der Waals surface area contributed by atoms with Crippen LogP contribution in [0.5, 0.6) is 0 Å². The molecule has 3 rings (SSSR count). The number of hydrogen-bond donors (Lipinski definition) is 0. The number of aromatic nitrogens is 2. The summed E-state index contributed by atoms with van der Waals surface area (Å²) in [4.78, 5) is 25.1. The Balaban J connectivity index is 1.82. The number of para-hydroxylation sites is 1. The van der Waals surface area contributed by atoms with E-state index < -0.39 is 0 Å². The van der Waals surface area contributed by atoms with Crippen molar-refractivity contribution >= 4 is 23.1 Å². The molecule has 0 aliphatic carbocycles. The number of carbonyl (C=O) groups is 1. The quantitative estimate of drug-likeness (QED) is 0.694. The van der Waals surface area contributed by atoms with E-state index in [1.807, 2.05) is 42.5 Å². The van der Waals surface area contributed by atoms with Gasteiger partial charge in [-0.15, -0.1) is 0 Å². The third-order valence-electron chi connectivity index (χ3n) is 4.21. The Bertz CT molecular complexity index is 878. The third kappa shape index (κ3) is 3.72. The summed E-state index contributed by atoms with van der Waals surface area (Å²) in [5.74, 6) is 0.533. The van der Waals surface area contributed by atoms with Gasteiger partial charge in [-0.2, -0.15) is 0 Å². The van der Waals surface area contributed by atoms with Crippen molar-refractivity contribution in [2.45, 2.75) is 13.8 Å². The molecule has 0 aliphatic heterocycles. The van der Waals surface area contributed by atoms with Crippen LogP contribution in [-0.2, 0) is 0 Å². The zero-order valence-corrected chi connectivity index (χ0v) is 15.3. The molecular formula is C21H22N4O. The van der Waals surface area contributed by atoms with Gasteiger partial charge in [0.05, 0.1) is 12.4 Å². The number of rotatable bonds is 5. The summed E-state index contributed by atoms with van der Waals surface area (Å²) < 4.78 is 0. The van der Waals surface area contributed by atoms with Gasteiger partial charge in [0.15, 0.2) is 5.82 Å². The molecule has 0 atom stereocenters. The summed E-state index contributed by atoms with van der Waals surface area (Å²) in [6, 6.07) is 17.7. The molecule has 5 heteroatoms. The molecule has 132 valence electrons. The molecule has 0 N–H and O–H groups in total. The van der Waals surface area contributed by atoms with E-state index in [1.54, 1.807) is 18.1 Å². The number of aryl methyl sites for hydroxylation is 1. The summed E-state index contributed by atoms with van der Waals surface area (Å²) in [7, 11) is 1.73. The minimum atomic E-state index is -0.186. The highest BCUT2D eigenvalue weighted by atomic mass is 16.2. The van der Waals surface area contributed by atoms with Crippen LogP contribution in [0.15, 0.2) is 67.0 Å². The Hall–Kier alpha value is -3.21. The molecule has 0 fully saturated rings. The fraction of sp³-hybridized carbons (Fsp3) is 0.190. The molecule has 0 saturated heterocycles. The number of hydrogen-bond acceptors (Lipinski definition) is 4. The lowest BCUT2D eigenvalue weighted by Crippen LogP contribution is -2.27. The standard InChI is InChI=1S/C21H22N4O/c1-4-25(18-12-8-9-16(2)13-18)20-15-22-19(14-23-20)21(26)24(3)17-10-6-5-7-11-17/h5-15H,4H2,1-3H3. The second-order valence-corrected chi connectivity index (χ2v) is 6.04. The lowest BCUT2D eigenvalue weighted by molar-refractivity contribution is 0.0988. The zero-order chi connectivity index (χ0) is 18.5. The maximum absolute atomic E-state index is 12.6. The summed E-state index contributed by atoms with van der Waals surface area (Å²) in [5, 5.41) is 0.